The number of hydrogen-bond donors (Lipinski definition) is 1. The van der Waals surface area contributed by atoms with Gasteiger partial charge in [-0.3, -0.25) is 5.32 Å². The van der Waals surface area contributed by atoms with Crippen LogP contribution in [0.25, 0.3) is 0 Å². The molecule has 2 heterocycles. The lowest BCUT2D eigenvalue weighted by Gasteiger charge is -1.99. The fourth-order valence-corrected chi connectivity index (χ4v) is 2.04. The maximum Gasteiger partial charge on any atom is 0.244 e. The van der Waals surface area contributed by atoms with E-state index in [0.717, 1.165) is 29.8 Å². The highest BCUT2D eigenvalue weighted by Crippen LogP contribution is 2.22. The summed E-state index contributed by atoms with van der Waals surface area (Å²) in [5, 5.41) is 7.12. The van der Waals surface area contributed by atoms with Gasteiger partial charge in [-0.1, -0.05) is 12.1 Å². The molecule has 0 aliphatic carbocycles. The van der Waals surface area contributed by atoms with Crippen molar-refractivity contribution in [2.24, 2.45) is 0 Å². The summed E-state index contributed by atoms with van der Waals surface area (Å²) in [5.74, 6) is 3.54. The van der Waals surface area contributed by atoms with Gasteiger partial charge in [0.25, 0.3) is 0 Å². The van der Waals surface area contributed by atoms with E-state index in [1.807, 2.05) is 18.7 Å². The van der Waals surface area contributed by atoms with E-state index in [1.54, 1.807) is 0 Å². The van der Waals surface area contributed by atoms with Crippen LogP contribution in [0.3, 0.4) is 0 Å². The third-order valence-corrected chi connectivity index (χ3v) is 2.75. The van der Waals surface area contributed by atoms with Crippen molar-refractivity contribution < 1.29 is 4.52 Å². The van der Waals surface area contributed by atoms with Crippen molar-refractivity contribution in [2.45, 2.75) is 19.4 Å². The summed E-state index contributed by atoms with van der Waals surface area (Å²) >= 11 is 1.85. The molecule has 1 aromatic rings. The lowest BCUT2D eigenvalue weighted by molar-refractivity contribution is 0.347. The Morgan fingerprint density at radius 3 is 3.08 bits per heavy atom. The summed E-state index contributed by atoms with van der Waals surface area (Å²) in [7, 11) is 0. The predicted octanol–water partition coefficient (Wildman–Crippen LogP) is 1.39. The molecular formula is C7H12ClN3OS. The molecule has 0 spiro atoms. The van der Waals surface area contributed by atoms with E-state index in [2.05, 4.69) is 15.5 Å². The van der Waals surface area contributed by atoms with Crippen LogP contribution in [0.5, 0.6) is 0 Å². The maximum atomic E-state index is 5.10. The summed E-state index contributed by atoms with van der Waals surface area (Å²) in [6, 6.07) is 0.266. The highest BCUT2D eigenvalue weighted by atomic mass is 35.5. The second-order valence-electron chi connectivity index (χ2n) is 2.67. The molecule has 1 aliphatic rings. The van der Waals surface area contributed by atoms with Gasteiger partial charge < -0.3 is 4.52 Å². The van der Waals surface area contributed by atoms with E-state index >= 15 is 0 Å². The number of thioether (sulfide) groups is 1. The van der Waals surface area contributed by atoms with E-state index in [1.165, 1.54) is 0 Å². The number of halogens is 1. The van der Waals surface area contributed by atoms with E-state index < -0.39 is 0 Å². The van der Waals surface area contributed by atoms with Crippen LogP contribution in [0.2, 0.25) is 0 Å². The van der Waals surface area contributed by atoms with E-state index in [-0.39, 0.29) is 18.4 Å². The Morgan fingerprint density at radius 2 is 2.54 bits per heavy atom. The lowest BCUT2D eigenvalue weighted by Crippen LogP contribution is -2.14. The minimum absolute atomic E-state index is 0. The van der Waals surface area contributed by atoms with Crippen molar-refractivity contribution in [2.75, 3.05) is 11.6 Å². The van der Waals surface area contributed by atoms with Gasteiger partial charge in [-0.15, -0.1) is 24.2 Å². The van der Waals surface area contributed by atoms with Crippen molar-refractivity contribution in [1.82, 2.24) is 15.5 Å². The topological polar surface area (TPSA) is 51.0 Å². The third kappa shape index (κ3) is 2.36. The Bertz CT molecular complexity index is 262. The number of aromatic nitrogens is 2. The summed E-state index contributed by atoms with van der Waals surface area (Å²) in [6.07, 6.45) is 0.837. The number of nitrogens with one attached hydrogen (secondary N) is 1. The van der Waals surface area contributed by atoms with Gasteiger partial charge in [0.1, 0.15) is 0 Å². The maximum absolute atomic E-state index is 5.10. The summed E-state index contributed by atoms with van der Waals surface area (Å²) in [6.45, 7) is 2.02. The molecule has 13 heavy (non-hydrogen) atoms. The number of rotatable bonds is 2. The van der Waals surface area contributed by atoms with Crippen LogP contribution in [0, 0.1) is 0 Å². The van der Waals surface area contributed by atoms with Crippen LogP contribution < -0.4 is 5.32 Å². The Hall–Kier alpha value is -0.260. The van der Waals surface area contributed by atoms with Crippen molar-refractivity contribution in [3.05, 3.63) is 11.7 Å². The average molecular weight is 222 g/mol. The van der Waals surface area contributed by atoms with Crippen LogP contribution in [0.15, 0.2) is 4.52 Å². The van der Waals surface area contributed by atoms with Crippen LogP contribution >= 0.6 is 24.2 Å². The molecule has 2 rings (SSSR count). The highest BCUT2D eigenvalue weighted by Gasteiger charge is 2.22. The zero-order valence-electron chi connectivity index (χ0n) is 7.32. The first-order chi connectivity index (χ1) is 5.90. The standard InChI is InChI=1S/C7H11N3OS.ClH/c1-2-6-9-7(11-10-6)5-3-12-4-8-5;/h5,8H,2-4H2,1H3;1H. The molecule has 1 aliphatic heterocycles. The van der Waals surface area contributed by atoms with Crippen molar-refractivity contribution in [3.8, 4) is 0 Å². The molecule has 74 valence electrons. The van der Waals surface area contributed by atoms with Gasteiger partial charge in [-0.25, -0.2) is 0 Å². The second-order valence-corrected chi connectivity index (χ2v) is 3.70. The summed E-state index contributed by atoms with van der Waals surface area (Å²) in [4.78, 5) is 4.26. The third-order valence-electron chi connectivity index (χ3n) is 1.81. The first kappa shape index (κ1) is 10.8. The second kappa shape index (κ2) is 4.83. The smallest absolute Gasteiger partial charge is 0.244 e. The Balaban J connectivity index is 0.000000845. The summed E-state index contributed by atoms with van der Waals surface area (Å²) < 4.78 is 5.10. The Kier molecular flexibility index (Phi) is 4.02. The molecule has 1 aromatic heterocycles. The van der Waals surface area contributed by atoms with Gasteiger partial charge in [0.05, 0.1) is 6.04 Å². The predicted molar refractivity (Wildman–Crippen MR) is 54.1 cm³/mol. The largest absolute Gasteiger partial charge is 0.338 e. The molecule has 4 nitrogen and oxygen atoms in total. The van der Waals surface area contributed by atoms with Gasteiger partial charge in [-0.2, -0.15) is 4.98 Å². The van der Waals surface area contributed by atoms with Crippen molar-refractivity contribution >= 4 is 24.2 Å². The number of aryl methyl sites for hydroxylation is 1. The number of hydrogen-bond acceptors (Lipinski definition) is 5. The van der Waals surface area contributed by atoms with E-state index in [4.69, 9.17) is 4.52 Å². The molecule has 1 unspecified atom stereocenters. The molecule has 1 N–H and O–H groups in total. The molecule has 0 bridgehead atoms. The number of nitrogens with zero attached hydrogens (tertiary/aromatic N) is 2. The Labute approximate surface area is 87.3 Å². The monoisotopic (exact) mass is 221 g/mol. The van der Waals surface area contributed by atoms with Gasteiger partial charge in [0.2, 0.25) is 5.89 Å². The van der Waals surface area contributed by atoms with E-state index in [9.17, 15) is 0 Å². The average Bonchev–Trinajstić information content (AvgIpc) is 2.75. The van der Waals surface area contributed by atoms with Gasteiger partial charge >= 0.3 is 0 Å². The zero-order chi connectivity index (χ0) is 8.39. The summed E-state index contributed by atoms with van der Waals surface area (Å²) in [5.41, 5.74) is 0. The molecule has 1 saturated heterocycles. The molecule has 1 atom stereocenters. The zero-order valence-corrected chi connectivity index (χ0v) is 8.95. The molecule has 0 aromatic carbocycles. The van der Waals surface area contributed by atoms with Crippen LogP contribution in [0.1, 0.15) is 24.7 Å². The first-order valence-corrected chi connectivity index (χ1v) is 5.19. The first-order valence-electron chi connectivity index (χ1n) is 4.03. The van der Waals surface area contributed by atoms with Crippen LogP contribution in [-0.2, 0) is 6.42 Å². The molecule has 0 saturated carbocycles. The quantitative estimate of drug-likeness (QED) is 0.818. The van der Waals surface area contributed by atoms with Crippen molar-refractivity contribution in [3.63, 3.8) is 0 Å². The normalized spacial score (nSPS) is 21.5. The van der Waals surface area contributed by atoms with Gasteiger partial charge in [0, 0.05) is 18.1 Å². The van der Waals surface area contributed by atoms with E-state index in [0.29, 0.717) is 0 Å². The minimum atomic E-state index is 0. The fourth-order valence-electron chi connectivity index (χ4n) is 1.11. The molecule has 6 heteroatoms. The Morgan fingerprint density at radius 1 is 1.69 bits per heavy atom. The molecule has 0 radical (unpaired) electrons. The van der Waals surface area contributed by atoms with Crippen LogP contribution in [0.4, 0.5) is 0 Å². The molecule has 1 fully saturated rings. The SMILES string of the molecule is CCc1noc(C2CSCN2)n1.Cl. The van der Waals surface area contributed by atoms with Crippen molar-refractivity contribution in [1.29, 1.82) is 0 Å². The van der Waals surface area contributed by atoms with Gasteiger partial charge in [0.15, 0.2) is 5.82 Å². The molecular weight excluding hydrogens is 210 g/mol. The minimum Gasteiger partial charge on any atom is -0.338 e. The fraction of sp³-hybridized carbons (Fsp3) is 0.714. The van der Waals surface area contributed by atoms with Crippen LogP contribution in [-0.4, -0.2) is 21.8 Å². The van der Waals surface area contributed by atoms with Gasteiger partial charge in [-0.05, 0) is 0 Å². The lowest BCUT2D eigenvalue weighted by atomic mass is 10.3. The highest BCUT2D eigenvalue weighted by molar-refractivity contribution is 7.99. The molecule has 0 amide bonds.